The molecule has 25 heavy (non-hydrogen) atoms. The van der Waals surface area contributed by atoms with Crippen LogP contribution in [0.1, 0.15) is 25.8 Å². The van der Waals surface area contributed by atoms with Gasteiger partial charge in [0.15, 0.2) is 5.96 Å². The first-order chi connectivity index (χ1) is 11.6. The summed E-state index contributed by atoms with van der Waals surface area (Å²) in [5.41, 5.74) is 1.15. The van der Waals surface area contributed by atoms with Gasteiger partial charge in [0.05, 0.1) is 13.2 Å². The Hall–Kier alpha value is -1.02. The molecule has 5 nitrogen and oxygen atoms in total. The number of rotatable bonds is 7. The van der Waals surface area contributed by atoms with Crippen LogP contribution in [-0.2, 0) is 4.74 Å². The summed E-state index contributed by atoms with van der Waals surface area (Å²) < 4.78 is 11.3. The molecule has 2 unspecified atom stereocenters. The highest BCUT2D eigenvalue weighted by Crippen LogP contribution is 2.18. The maximum atomic E-state index is 6.02. The molecule has 1 heterocycles. The van der Waals surface area contributed by atoms with E-state index in [2.05, 4.69) is 37.1 Å². The van der Waals surface area contributed by atoms with Crippen molar-refractivity contribution in [1.82, 2.24) is 10.2 Å². The van der Waals surface area contributed by atoms with Gasteiger partial charge in [-0.3, -0.25) is 0 Å². The highest BCUT2D eigenvalue weighted by atomic mass is 127. The lowest BCUT2D eigenvalue weighted by Crippen LogP contribution is -2.41. The Labute approximate surface area is 169 Å². The Morgan fingerprint density at radius 3 is 2.84 bits per heavy atom. The van der Waals surface area contributed by atoms with Gasteiger partial charge in [-0.1, -0.05) is 18.2 Å². The normalized spacial score (nSPS) is 18.6. The number of guanidine groups is 1. The van der Waals surface area contributed by atoms with Crippen LogP contribution in [0.3, 0.4) is 0 Å². The maximum absolute atomic E-state index is 6.02. The van der Waals surface area contributed by atoms with Gasteiger partial charge >= 0.3 is 0 Å². The van der Waals surface area contributed by atoms with Crippen LogP contribution in [0.25, 0.3) is 0 Å². The average Bonchev–Trinajstić information content (AvgIpc) is 3.02. The van der Waals surface area contributed by atoms with E-state index in [1.54, 1.807) is 7.11 Å². The van der Waals surface area contributed by atoms with Gasteiger partial charge in [0.1, 0.15) is 11.9 Å². The molecule has 0 bridgehead atoms. The zero-order valence-electron chi connectivity index (χ0n) is 15.8. The molecule has 0 radical (unpaired) electrons. The van der Waals surface area contributed by atoms with Crippen molar-refractivity contribution < 1.29 is 9.47 Å². The van der Waals surface area contributed by atoms with Crippen molar-refractivity contribution in [1.29, 1.82) is 0 Å². The molecular formula is C19H32IN3O2. The third-order valence-corrected chi connectivity index (χ3v) is 4.24. The van der Waals surface area contributed by atoms with Crippen LogP contribution in [-0.4, -0.2) is 56.9 Å². The van der Waals surface area contributed by atoms with Crippen molar-refractivity contribution in [3.8, 4) is 5.75 Å². The van der Waals surface area contributed by atoms with Crippen LogP contribution in [0.15, 0.2) is 29.3 Å². The van der Waals surface area contributed by atoms with Gasteiger partial charge in [0.25, 0.3) is 0 Å². The van der Waals surface area contributed by atoms with Gasteiger partial charge in [-0.25, -0.2) is 4.99 Å². The summed E-state index contributed by atoms with van der Waals surface area (Å²) in [5, 5.41) is 3.40. The average molecular weight is 461 g/mol. The highest BCUT2D eigenvalue weighted by Gasteiger charge is 2.24. The number of halogens is 1. The summed E-state index contributed by atoms with van der Waals surface area (Å²) in [5.74, 6) is 2.52. The second kappa shape index (κ2) is 11.6. The van der Waals surface area contributed by atoms with Crippen LogP contribution in [0.2, 0.25) is 0 Å². The lowest BCUT2D eigenvalue weighted by atomic mass is 10.1. The van der Waals surface area contributed by atoms with Crippen molar-refractivity contribution in [2.75, 3.05) is 39.9 Å². The molecule has 6 heteroatoms. The van der Waals surface area contributed by atoms with Gasteiger partial charge in [0.2, 0.25) is 0 Å². The molecule has 2 atom stereocenters. The van der Waals surface area contributed by atoms with Crippen LogP contribution in [0.4, 0.5) is 0 Å². The molecule has 0 aliphatic carbocycles. The standard InChI is InChI=1S/C19H31N3O2.HI/c1-5-20-19(22-11-10-17(13-22)14-23-4)21-12-16(3)24-18-9-7-6-8-15(18)2;/h6-9,16-17H,5,10-14H2,1-4H3,(H,20,21);1H. The summed E-state index contributed by atoms with van der Waals surface area (Å²) in [7, 11) is 1.77. The minimum absolute atomic E-state index is 0. The quantitative estimate of drug-likeness (QED) is 0.385. The maximum Gasteiger partial charge on any atom is 0.194 e. The molecule has 1 aromatic carbocycles. The lowest BCUT2D eigenvalue weighted by molar-refractivity contribution is 0.157. The molecule has 1 aliphatic rings. The first-order valence-corrected chi connectivity index (χ1v) is 8.88. The summed E-state index contributed by atoms with van der Waals surface area (Å²) in [4.78, 5) is 7.11. The number of methoxy groups -OCH3 is 1. The fourth-order valence-electron chi connectivity index (χ4n) is 2.98. The Morgan fingerprint density at radius 1 is 1.40 bits per heavy atom. The van der Waals surface area contributed by atoms with Gasteiger partial charge in [-0.2, -0.15) is 0 Å². The number of aliphatic imine (C=N–C) groups is 1. The van der Waals surface area contributed by atoms with Crippen LogP contribution < -0.4 is 10.1 Å². The zero-order chi connectivity index (χ0) is 17.4. The van der Waals surface area contributed by atoms with Crippen molar-refractivity contribution >= 4 is 29.9 Å². The van der Waals surface area contributed by atoms with Gasteiger partial charge in [-0.05, 0) is 38.8 Å². The van der Waals surface area contributed by atoms with Crippen LogP contribution in [0, 0.1) is 12.8 Å². The van der Waals surface area contributed by atoms with Crippen molar-refractivity contribution in [2.45, 2.75) is 33.3 Å². The minimum atomic E-state index is 0. The lowest BCUT2D eigenvalue weighted by Gasteiger charge is -2.22. The monoisotopic (exact) mass is 461 g/mol. The molecule has 0 spiro atoms. The van der Waals surface area contributed by atoms with Crippen molar-refractivity contribution in [3.05, 3.63) is 29.8 Å². The van der Waals surface area contributed by atoms with E-state index in [1.807, 2.05) is 18.2 Å². The van der Waals surface area contributed by atoms with Crippen LogP contribution >= 0.6 is 24.0 Å². The Balaban J connectivity index is 0.00000312. The number of para-hydroxylation sites is 1. The number of nitrogens with one attached hydrogen (secondary N) is 1. The predicted molar refractivity (Wildman–Crippen MR) is 114 cm³/mol. The van der Waals surface area contributed by atoms with Gasteiger partial charge in [-0.15, -0.1) is 24.0 Å². The number of nitrogens with zero attached hydrogens (tertiary/aromatic N) is 2. The van der Waals surface area contributed by atoms with Gasteiger partial charge in [0, 0.05) is 32.7 Å². The summed E-state index contributed by atoms with van der Waals surface area (Å²) in [6, 6.07) is 8.10. The van der Waals surface area contributed by atoms with E-state index < -0.39 is 0 Å². The molecule has 1 aliphatic heterocycles. The topological polar surface area (TPSA) is 46.1 Å². The highest BCUT2D eigenvalue weighted by molar-refractivity contribution is 14.0. The largest absolute Gasteiger partial charge is 0.489 e. The number of ether oxygens (including phenoxy) is 2. The van der Waals surface area contributed by atoms with Crippen molar-refractivity contribution in [2.24, 2.45) is 10.9 Å². The first kappa shape index (κ1) is 22.0. The number of likely N-dealkylation sites (tertiary alicyclic amines) is 1. The molecular weight excluding hydrogens is 429 g/mol. The first-order valence-electron chi connectivity index (χ1n) is 8.88. The molecule has 1 fully saturated rings. The molecule has 0 amide bonds. The van der Waals surface area contributed by atoms with Gasteiger partial charge < -0.3 is 19.7 Å². The van der Waals surface area contributed by atoms with E-state index in [1.165, 1.54) is 0 Å². The minimum Gasteiger partial charge on any atom is -0.489 e. The predicted octanol–water partition coefficient (Wildman–Crippen LogP) is 3.31. The third kappa shape index (κ3) is 7.01. The summed E-state index contributed by atoms with van der Waals surface area (Å²) in [6.45, 7) is 10.6. The van der Waals surface area contributed by atoms with E-state index in [9.17, 15) is 0 Å². The molecule has 2 rings (SSSR count). The molecule has 0 aromatic heterocycles. The van der Waals surface area contributed by atoms with E-state index >= 15 is 0 Å². The number of hydrogen-bond acceptors (Lipinski definition) is 3. The Kier molecular flexibility index (Phi) is 10.2. The Bertz CT molecular complexity index is 539. The number of aryl methyl sites for hydroxylation is 1. The van der Waals surface area contributed by atoms with E-state index in [4.69, 9.17) is 14.5 Å². The fourth-order valence-corrected chi connectivity index (χ4v) is 2.98. The molecule has 142 valence electrons. The SMILES string of the molecule is CCNC(=NCC(C)Oc1ccccc1C)N1CCC(COC)C1.I. The summed E-state index contributed by atoms with van der Waals surface area (Å²) >= 11 is 0. The molecule has 0 saturated carbocycles. The molecule has 1 saturated heterocycles. The smallest absolute Gasteiger partial charge is 0.194 e. The molecule has 1 N–H and O–H groups in total. The second-order valence-corrected chi connectivity index (χ2v) is 6.44. The zero-order valence-corrected chi connectivity index (χ0v) is 18.2. The third-order valence-electron chi connectivity index (χ3n) is 4.24. The van der Waals surface area contributed by atoms with Crippen LogP contribution in [0.5, 0.6) is 5.75 Å². The summed E-state index contributed by atoms with van der Waals surface area (Å²) in [6.07, 6.45) is 1.20. The van der Waals surface area contributed by atoms with Crippen molar-refractivity contribution in [3.63, 3.8) is 0 Å². The van der Waals surface area contributed by atoms with E-state index in [0.29, 0.717) is 12.5 Å². The fraction of sp³-hybridized carbons (Fsp3) is 0.632. The Morgan fingerprint density at radius 2 is 2.16 bits per heavy atom. The number of hydrogen-bond donors (Lipinski definition) is 1. The number of benzene rings is 1. The van der Waals surface area contributed by atoms with E-state index in [-0.39, 0.29) is 30.1 Å². The molecule has 1 aromatic rings. The second-order valence-electron chi connectivity index (χ2n) is 6.44. The van der Waals surface area contributed by atoms with E-state index in [0.717, 1.165) is 49.9 Å².